The highest BCUT2D eigenvalue weighted by Crippen LogP contribution is 2.25. The van der Waals surface area contributed by atoms with E-state index in [9.17, 15) is 0 Å². The summed E-state index contributed by atoms with van der Waals surface area (Å²) in [5, 5.41) is 7.97. The van der Waals surface area contributed by atoms with Gasteiger partial charge >= 0.3 is 0 Å². The van der Waals surface area contributed by atoms with Gasteiger partial charge in [-0.2, -0.15) is 5.10 Å². The van der Waals surface area contributed by atoms with Crippen LogP contribution in [0.5, 0.6) is 0 Å². The molecule has 0 aromatic carbocycles. The van der Waals surface area contributed by atoms with Crippen molar-refractivity contribution in [3.63, 3.8) is 0 Å². The Bertz CT molecular complexity index is 396. The molecular weight excluding hydrogens is 238 g/mol. The quantitative estimate of drug-likeness (QED) is 0.892. The number of piperidine rings is 1. The van der Waals surface area contributed by atoms with Crippen LogP contribution in [-0.4, -0.2) is 44.8 Å². The molecule has 0 spiro atoms. The second kappa shape index (κ2) is 6.01. The van der Waals surface area contributed by atoms with Gasteiger partial charge in [-0.25, -0.2) is 9.67 Å². The van der Waals surface area contributed by atoms with Crippen LogP contribution in [0, 0.1) is 0 Å². The van der Waals surface area contributed by atoms with Crippen LogP contribution in [0.15, 0.2) is 6.33 Å². The fraction of sp³-hybridized carbons (Fsp3) is 0.857. The van der Waals surface area contributed by atoms with Crippen LogP contribution in [0.1, 0.15) is 44.9 Å². The lowest BCUT2D eigenvalue weighted by atomic mass is 9.94. The van der Waals surface area contributed by atoms with Gasteiger partial charge in [0.25, 0.3) is 0 Å². The standard InChI is InChI=1S/C14H25N5/c1-2-19-14(16-11-17-19)10-18-9-4-3-7-13(18)12-6-5-8-15-12/h11-13,15H,2-10H2,1H3. The number of hydrogen-bond acceptors (Lipinski definition) is 4. The molecule has 0 aliphatic carbocycles. The minimum Gasteiger partial charge on any atom is -0.312 e. The lowest BCUT2D eigenvalue weighted by Gasteiger charge is -2.39. The zero-order valence-corrected chi connectivity index (χ0v) is 11.9. The second-order valence-electron chi connectivity index (χ2n) is 5.73. The van der Waals surface area contributed by atoms with Gasteiger partial charge in [0, 0.05) is 18.6 Å². The summed E-state index contributed by atoms with van der Waals surface area (Å²) in [6, 6.07) is 1.39. The third-order valence-corrected chi connectivity index (χ3v) is 4.57. The lowest BCUT2D eigenvalue weighted by Crippen LogP contribution is -2.50. The normalized spacial score (nSPS) is 28.9. The minimum absolute atomic E-state index is 0.693. The van der Waals surface area contributed by atoms with E-state index in [4.69, 9.17) is 0 Å². The average molecular weight is 263 g/mol. The number of likely N-dealkylation sites (tertiary alicyclic amines) is 1. The summed E-state index contributed by atoms with van der Waals surface area (Å²) >= 11 is 0. The maximum atomic E-state index is 4.43. The summed E-state index contributed by atoms with van der Waals surface area (Å²) in [6.07, 6.45) is 8.38. The number of nitrogens with one attached hydrogen (secondary N) is 1. The number of nitrogens with zero attached hydrogens (tertiary/aromatic N) is 4. The highest BCUT2D eigenvalue weighted by molar-refractivity contribution is 4.94. The van der Waals surface area contributed by atoms with Crippen LogP contribution in [0.25, 0.3) is 0 Å². The summed E-state index contributed by atoms with van der Waals surface area (Å²) < 4.78 is 2.02. The number of aryl methyl sites for hydroxylation is 1. The Hall–Kier alpha value is -0.940. The third-order valence-electron chi connectivity index (χ3n) is 4.57. The van der Waals surface area contributed by atoms with Crippen molar-refractivity contribution in [2.75, 3.05) is 13.1 Å². The molecule has 2 saturated heterocycles. The molecule has 0 radical (unpaired) electrons. The van der Waals surface area contributed by atoms with Gasteiger partial charge in [-0.1, -0.05) is 6.42 Å². The van der Waals surface area contributed by atoms with Crippen molar-refractivity contribution in [2.24, 2.45) is 0 Å². The largest absolute Gasteiger partial charge is 0.312 e. The van der Waals surface area contributed by atoms with Crippen LogP contribution in [0.3, 0.4) is 0 Å². The van der Waals surface area contributed by atoms with Crippen LogP contribution >= 0.6 is 0 Å². The van der Waals surface area contributed by atoms with Crippen LogP contribution < -0.4 is 5.32 Å². The SMILES string of the molecule is CCn1ncnc1CN1CCCCC1C1CCCN1. The zero-order chi connectivity index (χ0) is 13.1. The van der Waals surface area contributed by atoms with Gasteiger partial charge in [-0.05, 0) is 45.7 Å². The molecule has 3 heterocycles. The van der Waals surface area contributed by atoms with Crippen molar-refractivity contribution in [1.82, 2.24) is 25.0 Å². The molecule has 1 N–H and O–H groups in total. The van der Waals surface area contributed by atoms with Crippen molar-refractivity contribution in [2.45, 2.75) is 64.2 Å². The van der Waals surface area contributed by atoms with Crippen molar-refractivity contribution in [1.29, 1.82) is 0 Å². The maximum Gasteiger partial charge on any atom is 0.141 e. The van der Waals surface area contributed by atoms with E-state index in [1.54, 1.807) is 6.33 Å². The first-order chi connectivity index (χ1) is 9.38. The molecule has 5 nitrogen and oxygen atoms in total. The van der Waals surface area contributed by atoms with E-state index in [2.05, 4.69) is 27.2 Å². The van der Waals surface area contributed by atoms with Crippen molar-refractivity contribution in [3.05, 3.63) is 12.2 Å². The number of hydrogen-bond donors (Lipinski definition) is 1. The van der Waals surface area contributed by atoms with Crippen LogP contribution in [0.2, 0.25) is 0 Å². The number of rotatable bonds is 4. The van der Waals surface area contributed by atoms with E-state index >= 15 is 0 Å². The number of aromatic nitrogens is 3. The van der Waals surface area contributed by atoms with Gasteiger partial charge in [0.2, 0.25) is 0 Å². The second-order valence-corrected chi connectivity index (χ2v) is 5.73. The summed E-state index contributed by atoms with van der Waals surface area (Å²) in [5.41, 5.74) is 0. The van der Waals surface area contributed by atoms with Crippen LogP contribution in [-0.2, 0) is 13.1 Å². The monoisotopic (exact) mass is 263 g/mol. The molecule has 0 bridgehead atoms. The molecule has 2 atom stereocenters. The molecule has 0 amide bonds. The topological polar surface area (TPSA) is 46.0 Å². The molecule has 2 fully saturated rings. The molecule has 1 aromatic rings. The lowest BCUT2D eigenvalue weighted by molar-refractivity contribution is 0.108. The first-order valence-electron chi connectivity index (χ1n) is 7.72. The first kappa shape index (κ1) is 13.1. The van der Waals surface area contributed by atoms with E-state index in [0.717, 1.165) is 18.9 Å². The highest BCUT2D eigenvalue weighted by atomic mass is 15.4. The maximum absolute atomic E-state index is 4.43. The van der Waals surface area contributed by atoms with Crippen molar-refractivity contribution >= 4 is 0 Å². The van der Waals surface area contributed by atoms with Gasteiger partial charge in [-0.3, -0.25) is 4.90 Å². The van der Waals surface area contributed by atoms with Crippen LogP contribution in [0.4, 0.5) is 0 Å². The van der Waals surface area contributed by atoms with E-state index in [1.807, 2.05) is 4.68 Å². The van der Waals surface area contributed by atoms with E-state index in [-0.39, 0.29) is 0 Å². The summed E-state index contributed by atoms with van der Waals surface area (Å²) in [6.45, 7) is 6.40. The predicted octanol–water partition coefficient (Wildman–Crippen LogP) is 1.40. The highest BCUT2D eigenvalue weighted by Gasteiger charge is 2.32. The summed E-state index contributed by atoms with van der Waals surface area (Å²) in [7, 11) is 0. The van der Waals surface area contributed by atoms with E-state index in [0.29, 0.717) is 12.1 Å². The predicted molar refractivity (Wildman–Crippen MR) is 74.8 cm³/mol. The van der Waals surface area contributed by atoms with E-state index in [1.165, 1.54) is 45.2 Å². The first-order valence-corrected chi connectivity index (χ1v) is 7.72. The molecule has 1 aromatic heterocycles. The van der Waals surface area contributed by atoms with Gasteiger partial charge in [0.15, 0.2) is 0 Å². The Labute approximate surface area is 115 Å². The molecule has 2 unspecified atom stereocenters. The van der Waals surface area contributed by atoms with Crippen molar-refractivity contribution in [3.8, 4) is 0 Å². The van der Waals surface area contributed by atoms with Gasteiger partial charge in [0.1, 0.15) is 12.2 Å². The Balaban J connectivity index is 1.69. The average Bonchev–Trinajstić information content (AvgIpc) is 3.10. The Kier molecular flexibility index (Phi) is 4.13. The molecule has 3 rings (SSSR count). The zero-order valence-electron chi connectivity index (χ0n) is 11.9. The Morgan fingerprint density at radius 2 is 2.26 bits per heavy atom. The van der Waals surface area contributed by atoms with Gasteiger partial charge in [0.05, 0.1) is 6.54 Å². The third kappa shape index (κ3) is 2.82. The van der Waals surface area contributed by atoms with Gasteiger partial charge in [-0.15, -0.1) is 0 Å². The molecule has 2 aliphatic rings. The van der Waals surface area contributed by atoms with Gasteiger partial charge < -0.3 is 5.32 Å². The Morgan fingerprint density at radius 1 is 1.32 bits per heavy atom. The van der Waals surface area contributed by atoms with E-state index < -0.39 is 0 Å². The summed E-state index contributed by atoms with van der Waals surface area (Å²) in [4.78, 5) is 7.06. The molecule has 2 aliphatic heterocycles. The molecule has 19 heavy (non-hydrogen) atoms. The summed E-state index contributed by atoms with van der Waals surface area (Å²) in [5.74, 6) is 1.12. The van der Waals surface area contributed by atoms with Crippen molar-refractivity contribution < 1.29 is 0 Å². The Morgan fingerprint density at radius 3 is 3.05 bits per heavy atom. The molecular formula is C14H25N5. The molecule has 5 heteroatoms. The molecule has 106 valence electrons. The molecule has 0 saturated carbocycles. The fourth-order valence-corrected chi connectivity index (χ4v) is 3.57. The minimum atomic E-state index is 0.693. The fourth-order valence-electron chi connectivity index (χ4n) is 3.57. The smallest absolute Gasteiger partial charge is 0.141 e.